The van der Waals surface area contributed by atoms with Gasteiger partial charge in [-0.15, -0.1) is 23.1 Å². The van der Waals surface area contributed by atoms with E-state index in [9.17, 15) is 24.4 Å². The molecule has 0 spiro atoms. The number of oxime groups is 1. The normalized spacial score (nSPS) is 19.1. The highest BCUT2D eigenvalue weighted by Crippen LogP contribution is 2.41. The number of esters is 2. The van der Waals surface area contributed by atoms with E-state index in [0.717, 1.165) is 22.6 Å². The van der Waals surface area contributed by atoms with Crippen molar-refractivity contribution in [1.29, 1.82) is 0 Å². The quantitative estimate of drug-likeness (QED) is 0.101. The van der Waals surface area contributed by atoms with Crippen LogP contribution in [0.4, 0.5) is 5.13 Å². The van der Waals surface area contributed by atoms with Crippen LogP contribution in [0.15, 0.2) is 46.2 Å². The lowest BCUT2D eigenvalue weighted by molar-refractivity contribution is -0.173. The molecule has 1 fully saturated rings. The summed E-state index contributed by atoms with van der Waals surface area (Å²) in [5.41, 5.74) is 6.54. The van der Waals surface area contributed by atoms with E-state index in [0.29, 0.717) is 11.3 Å². The Morgan fingerprint density at radius 2 is 2.02 bits per heavy atom. The third-order valence-corrected chi connectivity index (χ3v) is 7.94. The van der Waals surface area contributed by atoms with Gasteiger partial charge in [-0.2, -0.15) is 0 Å². The minimum atomic E-state index is -1.02. The average molecular weight is 601 g/mol. The zero-order valence-corrected chi connectivity index (χ0v) is 24.2. The molecule has 2 atom stereocenters. The lowest BCUT2D eigenvalue weighted by atomic mass is 9.98. The summed E-state index contributed by atoms with van der Waals surface area (Å²) >= 11 is 2.38. The maximum Gasteiger partial charge on any atom is 0.358 e. The Kier molecular flexibility index (Phi) is 8.77. The van der Waals surface area contributed by atoms with E-state index in [2.05, 4.69) is 20.4 Å². The first-order chi connectivity index (χ1) is 19.4. The zero-order chi connectivity index (χ0) is 29.9. The van der Waals surface area contributed by atoms with Crippen LogP contribution in [0, 0.1) is 12.3 Å². The first-order valence-electron chi connectivity index (χ1n) is 12.3. The van der Waals surface area contributed by atoms with E-state index in [-0.39, 0.29) is 16.5 Å². The lowest BCUT2D eigenvalue weighted by Crippen LogP contribution is -2.71. The number of β-lactam (4-membered cyclic amide) rings is 1. The number of nitrogens with two attached hydrogens (primary N) is 1. The number of aryl methyl sites for hydroxylation is 1. The van der Waals surface area contributed by atoms with Crippen molar-refractivity contribution < 1.29 is 33.9 Å². The first kappa shape index (κ1) is 29.7. The van der Waals surface area contributed by atoms with Gasteiger partial charge in [0, 0.05) is 23.0 Å². The molecule has 15 heteroatoms. The summed E-state index contributed by atoms with van der Waals surface area (Å²) in [5.74, 6) is -2.54. The number of amides is 2. The molecule has 0 aromatic carbocycles. The van der Waals surface area contributed by atoms with Crippen LogP contribution < -0.4 is 11.1 Å². The number of carbonyl (C=O) groups is 4. The highest BCUT2D eigenvalue weighted by molar-refractivity contribution is 8.00. The molecule has 2 aromatic heterocycles. The van der Waals surface area contributed by atoms with Crippen molar-refractivity contribution in [2.75, 3.05) is 18.3 Å². The van der Waals surface area contributed by atoms with Crippen molar-refractivity contribution in [3.63, 3.8) is 0 Å². The standard InChI is InChI=1S/C26H28N6O7S2/c1-13-5-6-14(9-28-13)7-8-15-10-40-22-18(30-20(33)17(31-37)16-11-41-25(27)29-16)21(34)32(22)19(15)23(35)38-12-39-24(36)26(2,3)4/h5-9,11,18,22,37H,10,12H2,1-4H3,(H2,27,29)(H,30,33)/b8-7-,31-17?/t18-,22+/m1/s1. The van der Waals surface area contributed by atoms with Gasteiger partial charge in [-0.25, -0.2) is 9.78 Å². The molecule has 0 saturated carbocycles. The van der Waals surface area contributed by atoms with Gasteiger partial charge in [0.2, 0.25) is 6.79 Å². The molecule has 0 bridgehead atoms. The van der Waals surface area contributed by atoms with Crippen LogP contribution in [0.3, 0.4) is 0 Å². The van der Waals surface area contributed by atoms with E-state index < -0.39 is 53.1 Å². The highest BCUT2D eigenvalue weighted by atomic mass is 32.2. The van der Waals surface area contributed by atoms with Crippen LogP contribution in [0.25, 0.3) is 6.08 Å². The molecule has 2 aromatic rings. The molecule has 216 valence electrons. The molecule has 0 aliphatic carbocycles. The number of thiazole rings is 1. The molecule has 13 nitrogen and oxygen atoms in total. The second kappa shape index (κ2) is 12.1. The highest BCUT2D eigenvalue weighted by Gasteiger charge is 2.54. The molecular weight excluding hydrogens is 572 g/mol. The van der Waals surface area contributed by atoms with E-state index in [1.807, 2.05) is 19.1 Å². The zero-order valence-electron chi connectivity index (χ0n) is 22.6. The maximum absolute atomic E-state index is 13.3. The van der Waals surface area contributed by atoms with Crippen molar-refractivity contribution in [3.8, 4) is 0 Å². The number of nitrogens with zero attached hydrogens (tertiary/aromatic N) is 4. The van der Waals surface area contributed by atoms with Crippen molar-refractivity contribution in [2.24, 2.45) is 10.6 Å². The Bertz CT molecular complexity index is 1460. The fourth-order valence-electron chi connectivity index (χ4n) is 3.78. The predicted octanol–water partition coefficient (Wildman–Crippen LogP) is 2.06. The third-order valence-electron chi connectivity index (χ3n) is 5.96. The van der Waals surface area contributed by atoms with Crippen molar-refractivity contribution in [3.05, 3.63) is 58.0 Å². The van der Waals surface area contributed by atoms with Crippen molar-refractivity contribution in [1.82, 2.24) is 20.2 Å². The molecule has 2 aliphatic heterocycles. The summed E-state index contributed by atoms with van der Waals surface area (Å²) in [4.78, 5) is 60.8. The van der Waals surface area contributed by atoms with Crippen LogP contribution in [0.2, 0.25) is 0 Å². The Balaban J connectivity index is 1.55. The number of nitrogens with one attached hydrogen (secondary N) is 1. The summed E-state index contributed by atoms with van der Waals surface area (Å²) in [6.07, 6.45) is 5.12. The van der Waals surface area contributed by atoms with Crippen LogP contribution in [0.5, 0.6) is 0 Å². The van der Waals surface area contributed by atoms with E-state index in [4.69, 9.17) is 15.2 Å². The number of nitrogen functional groups attached to an aromatic ring is 1. The Hall–Kier alpha value is -4.24. The van der Waals surface area contributed by atoms with Crippen LogP contribution in [-0.2, 0) is 28.7 Å². The molecule has 2 amide bonds. The SMILES string of the molecule is Cc1ccc(/C=C\C2=C(C(=O)OCOC(=O)C(C)(C)C)N3C(=O)[C@@H](NC(=O)C(=NO)c4csc(N)n4)[C@@H]3SC2)cn1. The van der Waals surface area contributed by atoms with Crippen LogP contribution in [-0.4, -0.2) is 73.5 Å². The largest absolute Gasteiger partial charge is 0.427 e. The van der Waals surface area contributed by atoms with E-state index in [1.165, 1.54) is 22.0 Å². The van der Waals surface area contributed by atoms with Crippen molar-refractivity contribution >= 4 is 63.8 Å². The number of pyridine rings is 1. The van der Waals surface area contributed by atoms with Gasteiger partial charge in [0.05, 0.1) is 5.41 Å². The van der Waals surface area contributed by atoms with Crippen molar-refractivity contribution in [2.45, 2.75) is 39.1 Å². The summed E-state index contributed by atoms with van der Waals surface area (Å²) in [6.45, 7) is 6.21. The number of rotatable bonds is 8. The number of aromatic nitrogens is 2. The monoisotopic (exact) mass is 600 g/mol. The van der Waals surface area contributed by atoms with E-state index >= 15 is 0 Å². The Labute approximate surface area is 243 Å². The van der Waals surface area contributed by atoms with Gasteiger partial charge < -0.3 is 25.7 Å². The third kappa shape index (κ3) is 6.57. The summed E-state index contributed by atoms with van der Waals surface area (Å²) in [5, 5.41) is 15.9. The van der Waals surface area contributed by atoms with Gasteiger partial charge in [-0.1, -0.05) is 23.4 Å². The van der Waals surface area contributed by atoms with Gasteiger partial charge in [0.25, 0.3) is 11.8 Å². The molecule has 4 N–H and O–H groups in total. The summed E-state index contributed by atoms with van der Waals surface area (Å²) < 4.78 is 10.3. The molecule has 1 saturated heterocycles. The lowest BCUT2D eigenvalue weighted by Gasteiger charge is -2.49. The molecular formula is C26H28N6O7S2. The van der Waals surface area contributed by atoms with Gasteiger partial charge in [0.15, 0.2) is 10.8 Å². The summed E-state index contributed by atoms with van der Waals surface area (Å²) in [6, 6.07) is 2.68. The van der Waals surface area contributed by atoms with Gasteiger partial charge >= 0.3 is 11.9 Å². The number of ether oxygens (including phenoxy) is 2. The van der Waals surface area contributed by atoms with Gasteiger partial charge in [0.1, 0.15) is 22.8 Å². The number of carbonyl (C=O) groups excluding carboxylic acids is 4. The molecule has 4 rings (SSSR count). The number of allylic oxidation sites excluding steroid dienone is 1. The second-order valence-electron chi connectivity index (χ2n) is 10.1. The van der Waals surface area contributed by atoms with E-state index in [1.54, 1.807) is 39.1 Å². The first-order valence-corrected chi connectivity index (χ1v) is 14.2. The number of hydrogen-bond acceptors (Lipinski definition) is 13. The Morgan fingerprint density at radius 1 is 1.27 bits per heavy atom. The fraction of sp³-hybridized carbons (Fsp3) is 0.346. The number of anilines is 1. The van der Waals surface area contributed by atoms with Crippen LogP contribution in [0.1, 0.15) is 37.7 Å². The topological polar surface area (TPSA) is 186 Å². The minimum absolute atomic E-state index is 0.0318. The average Bonchev–Trinajstić information content (AvgIpc) is 3.36. The predicted molar refractivity (Wildman–Crippen MR) is 151 cm³/mol. The molecule has 0 radical (unpaired) electrons. The Morgan fingerprint density at radius 3 is 2.63 bits per heavy atom. The minimum Gasteiger partial charge on any atom is -0.427 e. The molecule has 41 heavy (non-hydrogen) atoms. The maximum atomic E-state index is 13.3. The second-order valence-corrected chi connectivity index (χ2v) is 12.0. The fourth-order valence-corrected chi connectivity index (χ4v) is 5.64. The summed E-state index contributed by atoms with van der Waals surface area (Å²) in [7, 11) is 0. The van der Waals surface area contributed by atoms with Gasteiger partial charge in [-0.3, -0.25) is 24.3 Å². The van der Waals surface area contributed by atoms with Gasteiger partial charge in [-0.05, 0) is 44.9 Å². The number of hydrogen-bond donors (Lipinski definition) is 3. The molecule has 0 unspecified atom stereocenters. The number of thioether (sulfide) groups is 1. The number of fused-ring (bicyclic) bond motifs is 1. The molecule has 4 heterocycles. The van der Waals surface area contributed by atoms with Crippen LogP contribution >= 0.6 is 23.1 Å². The molecule has 2 aliphatic rings. The smallest absolute Gasteiger partial charge is 0.358 e.